The maximum Gasteiger partial charge on any atom is 0.272 e. The first kappa shape index (κ1) is 34.1. The van der Waals surface area contributed by atoms with Gasteiger partial charge in [-0.1, -0.05) is 69.7 Å². The highest BCUT2D eigenvalue weighted by Crippen LogP contribution is 2.26. The zero-order chi connectivity index (χ0) is 32.9. The SMILES string of the molecule is CCCCOc1ccc(NC(=O)C(C)Sc2ccc(NC(=O)/C(=C/c3ccc(C(C)C)cc3)NC(=O)c3ccccc3)cc2)cc1. The molecule has 0 heterocycles. The molecule has 4 aromatic rings. The second-order valence-corrected chi connectivity index (χ2v) is 12.6. The van der Waals surface area contributed by atoms with E-state index in [9.17, 15) is 14.4 Å². The van der Waals surface area contributed by atoms with E-state index in [1.165, 1.54) is 17.3 Å². The topological polar surface area (TPSA) is 96.5 Å². The number of unbranched alkanes of at least 4 members (excludes halogenated alkanes) is 1. The van der Waals surface area contributed by atoms with Crippen molar-refractivity contribution in [1.29, 1.82) is 0 Å². The molecule has 0 radical (unpaired) electrons. The Hall–Kier alpha value is -4.82. The number of rotatable bonds is 14. The molecule has 0 aliphatic carbocycles. The number of nitrogens with one attached hydrogen (secondary N) is 3. The fraction of sp³-hybridized carbons (Fsp3) is 0.237. The van der Waals surface area contributed by atoms with Crippen LogP contribution in [-0.4, -0.2) is 29.6 Å². The van der Waals surface area contributed by atoms with Crippen molar-refractivity contribution < 1.29 is 19.1 Å². The number of anilines is 2. The molecule has 3 N–H and O–H groups in total. The maximum absolute atomic E-state index is 13.4. The third kappa shape index (κ3) is 10.4. The van der Waals surface area contributed by atoms with E-state index in [2.05, 4.69) is 36.7 Å². The van der Waals surface area contributed by atoms with E-state index >= 15 is 0 Å². The Morgan fingerprint density at radius 3 is 2.04 bits per heavy atom. The number of hydrogen-bond acceptors (Lipinski definition) is 5. The summed E-state index contributed by atoms with van der Waals surface area (Å²) < 4.78 is 5.69. The minimum absolute atomic E-state index is 0.118. The van der Waals surface area contributed by atoms with Gasteiger partial charge in [-0.25, -0.2) is 0 Å². The van der Waals surface area contributed by atoms with E-state index in [1.807, 2.05) is 73.7 Å². The fourth-order valence-electron chi connectivity index (χ4n) is 4.37. The second-order valence-electron chi connectivity index (χ2n) is 11.2. The van der Waals surface area contributed by atoms with Crippen LogP contribution in [0.4, 0.5) is 11.4 Å². The first-order chi connectivity index (χ1) is 22.2. The highest BCUT2D eigenvalue weighted by atomic mass is 32.2. The molecule has 3 amide bonds. The number of amides is 3. The summed E-state index contributed by atoms with van der Waals surface area (Å²) >= 11 is 1.41. The van der Waals surface area contributed by atoms with E-state index in [4.69, 9.17) is 4.74 Å². The molecule has 1 unspecified atom stereocenters. The van der Waals surface area contributed by atoms with Crippen LogP contribution in [0.3, 0.4) is 0 Å². The number of carbonyl (C=O) groups is 3. The average molecular weight is 636 g/mol. The summed E-state index contributed by atoms with van der Waals surface area (Å²) in [6.07, 6.45) is 3.74. The maximum atomic E-state index is 13.4. The highest BCUT2D eigenvalue weighted by Gasteiger charge is 2.17. The third-order valence-electron chi connectivity index (χ3n) is 7.13. The van der Waals surface area contributed by atoms with Crippen molar-refractivity contribution in [3.63, 3.8) is 0 Å². The molecule has 1 atom stereocenters. The lowest BCUT2D eigenvalue weighted by molar-refractivity contribution is -0.115. The van der Waals surface area contributed by atoms with E-state index in [-0.39, 0.29) is 22.8 Å². The van der Waals surface area contributed by atoms with Crippen molar-refractivity contribution in [2.75, 3.05) is 17.2 Å². The van der Waals surface area contributed by atoms with E-state index in [1.54, 1.807) is 42.5 Å². The smallest absolute Gasteiger partial charge is 0.272 e. The van der Waals surface area contributed by atoms with Gasteiger partial charge in [0.2, 0.25) is 5.91 Å². The van der Waals surface area contributed by atoms with Crippen LogP contribution in [0.25, 0.3) is 6.08 Å². The third-order valence-corrected chi connectivity index (χ3v) is 8.24. The zero-order valence-corrected chi connectivity index (χ0v) is 27.5. The largest absolute Gasteiger partial charge is 0.494 e. The van der Waals surface area contributed by atoms with Crippen LogP contribution in [0.5, 0.6) is 5.75 Å². The molecule has 0 saturated carbocycles. The van der Waals surface area contributed by atoms with Crippen molar-refractivity contribution in [2.24, 2.45) is 0 Å². The molecule has 238 valence electrons. The number of hydrogen-bond donors (Lipinski definition) is 3. The molecule has 0 bridgehead atoms. The van der Waals surface area contributed by atoms with Gasteiger partial charge in [0.1, 0.15) is 11.4 Å². The molecule has 0 saturated heterocycles. The van der Waals surface area contributed by atoms with Gasteiger partial charge in [-0.15, -0.1) is 11.8 Å². The van der Waals surface area contributed by atoms with Crippen LogP contribution in [-0.2, 0) is 9.59 Å². The van der Waals surface area contributed by atoms with Crippen molar-refractivity contribution in [2.45, 2.75) is 56.6 Å². The normalized spacial score (nSPS) is 11.9. The summed E-state index contributed by atoms with van der Waals surface area (Å²) in [6, 6.07) is 31.3. The van der Waals surface area contributed by atoms with Gasteiger partial charge >= 0.3 is 0 Å². The summed E-state index contributed by atoms with van der Waals surface area (Å²) in [4.78, 5) is 40.1. The highest BCUT2D eigenvalue weighted by molar-refractivity contribution is 8.00. The molecule has 0 aliphatic heterocycles. The molecule has 4 rings (SSSR count). The van der Waals surface area contributed by atoms with Crippen LogP contribution in [0, 0.1) is 0 Å². The average Bonchev–Trinajstić information content (AvgIpc) is 3.06. The molecule has 0 spiro atoms. The summed E-state index contributed by atoms with van der Waals surface area (Å²) in [7, 11) is 0. The number of carbonyl (C=O) groups excluding carboxylic acids is 3. The van der Waals surface area contributed by atoms with Crippen molar-refractivity contribution >= 4 is 46.9 Å². The minimum Gasteiger partial charge on any atom is -0.494 e. The lowest BCUT2D eigenvalue weighted by atomic mass is 10.0. The summed E-state index contributed by atoms with van der Waals surface area (Å²) in [6.45, 7) is 8.88. The Bertz CT molecular complexity index is 1620. The molecule has 46 heavy (non-hydrogen) atoms. The molecule has 0 fully saturated rings. The van der Waals surface area contributed by atoms with Gasteiger partial charge in [0.15, 0.2) is 0 Å². The van der Waals surface area contributed by atoms with Gasteiger partial charge in [0.25, 0.3) is 11.8 Å². The summed E-state index contributed by atoms with van der Waals surface area (Å²) in [5.74, 6) is 0.211. The van der Waals surface area contributed by atoms with Crippen LogP contribution < -0.4 is 20.7 Å². The zero-order valence-electron chi connectivity index (χ0n) is 26.7. The first-order valence-electron chi connectivity index (χ1n) is 15.5. The Balaban J connectivity index is 1.38. The molecule has 7 nitrogen and oxygen atoms in total. The lowest BCUT2D eigenvalue weighted by Gasteiger charge is -2.14. The van der Waals surface area contributed by atoms with Crippen LogP contribution in [0.1, 0.15) is 67.9 Å². The number of thioether (sulfide) groups is 1. The Morgan fingerprint density at radius 2 is 1.41 bits per heavy atom. The van der Waals surface area contributed by atoms with Gasteiger partial charge in [0.05, 0.1) is 11.9 Å². The molecule has 0 aliphatic rings. The number of benzene rings is 4. The van der Waals surface area contributed by atoms with Crippen molar-refractivity contribution in [3.05, 3.63) is 126 Å². The van der Waals surface area contributed by atoms with E-state index < -0.39 is 5.91 Å². The first-order valence-corrected chi connectivity index (χ1v) is 16.4. The van der Waals surface area contributed by atoms with E-state index in [0.717, 1.165) is 29.1 Å². The van der Waals surface area contributed by atoms with Crippen molar-refractivity contribution in [3.8, 4) is 5.75 Å². The van der Waals surface area contributed by atoms with Gasteiger partial charge in [0, 0.05) is 21.8 Å². The van der Waals surface area contributed by atoms with Gasteiger partial charge < -0.3 is 20.7 Å². The summed E-state index contributed by atoms with van der Waals surface area (Å²) in [5.41, 5.74) is 3.81. The standard InChI is InChI=1S/C38H41N3O4S/c1-5-6-24-45-33-20-16-31(17-21-33)39-36(42)27(4)46-34-22-18-32(19-23-34)40-38(44)35(41-37(43)30-10-8-7-9-11-30)25-28-12-14-29(15-13-28)26(2)3/h7-23,25-27H,5-6,24H2,1-4H3,(H,39,42)(H,40,44)(H,41,43)/b35-25-. The molecular weight excluding hydrogens is 595 g/mol. The van der Waals surface area contributed by atoms with Gasteiger partial charge in [-0.2, -0.15) is 0 Å². The van der Waals surface area contributed by atoms with E-state index in [0.29, 0.717) is 29.5 Å². The predicted octanol–water partition coefficient (Wildman–Crippen LogP) is 8.52. The Labute approximate surface area is 275 Å². The van der Waals surface area contributed by atoms with Crippen LogP contribution in [0.2, 0.25) is 0 Å². The van der Waals surface area contributed by atoms with Crippen LogP contribution in [0.15, 0.2) is 114 Å². The summed E-state index contributed by atoms with van der Waals surface area (Å²) in [5, 5.41) is 8.26. The second kappa shape index (κ2) is 17.0. The van der Waals surface area contributed by atoms with Crippen LogP contribution >= 0.6 is 11.8 Å². The lowest BCUT2D eigenvalue weighted by Crippen LogP contribution is -2.30. The molecule has 8 heteroatoms. The minimum atomic E-state index is -0.452. The Morgan fingerprint density at radius 1 is 0.783 bits per heavy atom. The Kier molecular flexibility index (Phi) is 12.6. The van der Waals surface area contributed by atoms with Gasteiger partial charge in [-0.3, -0.25) is 14.4 Å². The molecular formula is C38H41N3O4S. The van der Waals surface area contributed by atoms with Gasteiger partial charge in [-0.05, 0) is 97.1 Å². The monoisotopic (exact) mass is 635 g/mol. The quantitative estimate of drug-likeness (QED) is 0.0733. The molecule has 4 aromatic carbocycles. The van der Waals surface area contributed by atoms with Crippen molar-refractivity contribution in [1.82, 2.24) is 5.32 Å². The molecule has 0 aromatic heterocycles. The predicted molar refractivity (Wildman–Crippen MR) is 188 cm³/mol. The fourth-order valence-corrected chi connectivity index (χ4v) is 5.24. The number of ether oxygens (including phenoxy) is 1.